The Kier molecular flexibility index (Phi) is 5.43. The molecule has 2 aliphatic rings. The predicted octanol–water partition coefficient (Wildman–Crippen LogP) is 1.46. The number of piperidine rings is 1. The van der Waals surface area contributed by atoms with Gasteiger partial charge in [0.2, 0.25) is 5.91 Å². The van der Waals surface area contributed by atoms with Gasteiger partial charge in [0.15, 0.2) is 5.11 Å². The average Bonchev–Trinajstić information content (AvgIpc) is 2.72. The molecule has 6 nitrogen and oxygen atoms in total. The predicted molar refractivity (Wildman–Crippen MR) is 112 cm³/mol. The van der Waals surface area contributed by atoms with E-state index in [9.17, 15) is 9.59 Å². The standard InChI is InChI=1S/C21H24N4O2S/c26-19(22-10-15-5-2-1-3-6-15)11-23-21(28)24-12-16-9-17(14-24)18-7-4-8-20(27)25(18)13-16/h1-8,16-17H,9-14H2,(H,22,26)(H,23,28). The van der Waals surface area contributed by atoms with Crippen molar-refractivity contribution >= 4 is 23.2 Å². The molecule has 2 bridgehead atoms. The van der Waals surface area contributed by atoms with Crippen molar-refractivity contribution in [1.82, 2.24) is 20.1 Å². The Morgan fingerprint density at radius 2 is 1.86 bits per heavy atom. The van der Waals surface area contributed by atoms with Gasteiger partial charge in [0.25, 0.3) is 5.56 Å². The molecule has 146 valence electrons. The van der Waals surface area contributed by atoms with Crippen LogP contribution in [0.3, 0.4) is 0 Å². The summed E-state index contributed by atoms with van der Waals surface area (Å²) in [5.41, 5.74) is 2.24. The third-order valence-corrected chi connectivity index (χ3v) is 5.90. The number of rotatable bonds is 4. The van der Waals surface area contributed by atoms with Gasteiger partial charge in [-0.25, -0.2) is 0 Å². The van der Waals surface area contributed by atoms with Crippen molar-refractivity contribution in [3.8, 4) is 0 Å². The first kappa shape index (κ1) is 18.7. The topological polar surface area (TPSA) is 66.4 Å². The molecule has 1 aromatic carbocycles. The number of fused-ring (bicyclic) bond motifs is 4. The number of hydrogen-bond donors (Lipinski definition) is 2. The van der Waals surface area contributed by atoms with Gasteiger partial charge in [0, 0.05) is 43.9 Å². The van der Waals surface area contributed by atoms with Crippen molar-refractivity contribution < 1.29 is 4.79 Å². The molecular formula is C21H24N4O2S. The van der Waals surface area contributed by atoms with E-state index in [2.05, 4.69) is 15.5 Å². The number of likely N-dealkylation sites (tertiary alicyclic amines) is 1. The third-order valence-electron chi connectivity index (χ3n) is 5.50. The van der Waals surface area contributed by atoms with E-state index in [0.717, 1.165) is 37.3 Å². The van der Waals surface area contributed by atoms with Gasteiger partial charge < -0.3 is 20.1 Å². The molecular weight excluding hydrogens is 372 g/mol. The zero-order valence-electron chi connectivity index (χ0n) is 15.6. The van der Waals surface area contributed by atoms with Crippen LogP contribution in [0.4, 0.5) is 0 Å². The maximum atomic E-state index is 12.1. The van der Waals surface area contributed by atoms with Gasteiger partial charge in [-0.05, 0) is 36.2 Å². The minimum Gasteiger partial charge on any atom is -0.354 e. The second-order valence-corrected chi connectivity index (χ2v) is 7.91. The van der Waals surface area contributed by atoms with Crippen LogP contribution in [0.5, 0.6) is 0 Å². The van der Waals surface area contributed by atoms with Crippen molar-refractivity contribution in [2.24, 2.45) is 5.92 Å². The fourth-order valence-electron chi connectivity index (χ4n) is 4.19. The summed E-state index contributed by atoms with van der Waals surface area (Å²) >= 11 is 5.54. The second-order valence-electron chi connectivity index (χ2n) is 7.52. The van der Waals surface area contributed by atoms with E-state index in [1.54, 1.807) is 6.07 Å². The maximum absolute atomic E-state index is 12.1. The van der Waals surface area contributed by atoms with Gasteiger partial charge in [-0.2, -0.15) is 0 Å². The monoisotopic (exact) mass is 396 g/mol. The van der Waals surface area contributed by atoms with E-state index in [1.807, 2.05) is 47.0 Å². The molecule has 0 spiro atoms. The van der Waals surface area contributed by atoms with Crippen LogP contribution in [0.2, 0.25) is 0 Å². The number of carbonyl (C=O) groups excluding carboxylic acids is 1. The number of pyridine rings is 1. The van der Waals surface area contributed by atoms with Crippen LogP contribution < -0.4 is 16.2 Å². The van der Waals surface area contributed by atoms with Crippen LogP contribution in [0, 0.1) is 5.92 Å². The first-order valence-electron chi connectivity index (χ1n) is 9.63. The van der Waals surface area contributed by atoms with Crippen LogP contribution >= 0.6 is 12.2 Å². The fraction of sp³-hybridized carbons (Fsp3) is 0.381. The van der Waals surface area contributed by atoms with Gasteiger partial charge >= 0.3 is 0 Å². The van der Waals surface area contributed by atoms with Crippen LogP contribution in [-0.2, 0) is 17.9 Å². The summed E-state index contributed by atoms with van der Waals surface area (Å²) < 4.78 is 1.91. The molecule has 1 fully saturated rings. The largest absolute Gasteiger partial charge is 0.354 e. The minimum absolute atomic E-state index is 0.0800. The molecule has 2 atom stereocenters. The van der Waals surface area contributed by atoms with E-state index in [-0.39, 0.29) is 18.0 Å². The van der Waals surface area contributed by atoms with Gasteiger partial charge in [-0.3, -0.25) is 9.59 Å². The maximum Gasteiger partial charge on any atom is 0.250 e. The van der Waals surface area contributed by atoms with E-state index in [0.29, 0.717) is 23.5 Å². The van der Waals surface area contributed by atoms with Gasteiger partial charge in [-0.1, -0.05) is 36.4 Å². The molecule has 2 aromatic rings. The Hall–Kier alpha value is -2.67. The normalized spacial score (nSPS) is 20.2. The highest BCUT2D eigenvalue weighted by atomic mass is 32.1. The zero-order valence-corrected chi connectivity index (χ0v) is 16.5. The molecule has 28 heavy (non-hydrogen) atoms. The van der Waals surface area contributed by atoms with Crippen LogP contribution in [0.1, 0.15) is 23.6 Å². The molecule has 2 N–H and O–H groups in total. The summed E-state index contributed by atoms with van der Waals surface area (Å²) in [4.78, 5) is 26.4. The molecule has 7 heteroatoms. The molecule has 1 amide bonds. The van der Waals surface area contributed by atoms with Crippen molar-refractivity contribution in [3.63, 3.8) is 0 Å². The quantitative estimate of drug-likeness (QED) is 0.766. The van der Waals surface area contributed by atoms with Crippen molar-refractivity contribution in [1.29, 1.82) is 0 Å². The van der Waals surface area contributed by atoms with Crippen LogP contribution in [0.25, 0.3) is 0 Å². The summed E-state index contributed by atoms with van der Waals surface area (Å²) in [5, 5.41) is 6.60. The lowest BCUT2D eigenvalue weighted by atomic mass is 9.83. The number of benzene rings is 1. The molecule has 3 heterocycles. The van der Waals surface area contributed by atoms with E-state index in [1.165, 1.54) is 0 Å². The first-order valence-corrected chi connectivity index (χ1v) is 10.0. The number of carbonyl (C=O) groups is 1. The Balaban J connectivity index is 1.30. The molecule has 2 aliphatic heterocycles. The Labute approximate surface area is 169 Å². The summed E-state index contributed by atoms with van der Waals surface area (Å²) in [7, 11) is 0. The molecule has 1 aromatic heterocycles. The van der Waals surface area contributed by atoms with Gasteiger partial charge in [0.1, 0.15) is 0 Å². The molecule has 0 radical (unpaired) electrons. The van der Waals surface area contributed by atoms with Crippen molar-refractivity contribution in [2.75, 3.05) is 19.6 Å². The third kappa shape index (κ3) is 4.09. The van der Waals surface area contributed by atoms with E-state index < -0.39 is 0 Å². The molecule has 4 rings (SSSR count). The number of aromatic nitrogens is 1. The summed E-state index contributed by atoms with van der Waals surface area (Å²) in [6.45, 7) is 3.00. The highest BCUT2D eigenvalue weighted by Gasteiger charge is 2.35. The SMILES string of the molecule is O=C(CNC(=S)N1CC2CC(C1)c1cccc(=O)n1C2)NCc1ccccc1. The van der Waals surface area contributed by atoms with Gasteiger partial charge in [-0.15, -0.1) is 0 Å². The smallest absolute Gasteiger partial charge is 0.250 e. The van der Waals surface area contributed by atoms with Crippen LogP contribution in [0.15, 0.2) is 53.3 Å². The second kappa shape index (κ2) is 8.14. The number of hydrogen-bond acceptors (Lipinski definition) is 3. The molecule has 2 unspecified atom stereocenters. The number of amides is 1. The lowest BCUT2D eigenvalue weighted by molar-refractivity contribution is -0.120. The number of nitrogens with one attached hydrogen (secondary N) is 2. The lowest BCUT2D eigenvalue weighted by Gasteiger charge is -2.43. The molecule has 0 aliphatic carbocycles. The molecule has 0 saturated carbocycles. The zero-order chi connectivity index (χ0) is 19.5. The fourth-order valence-corrected chi connectivity index (χ4v) is 4.41. The lowest BCUT2D eigenvalue weighted by Crippen LogP contribution is -2.52. The van der Waals surface area contributed by atoms with Crippen LogP contribution in [-0.4, -0.2) is 40.1 Å². The summed E-state index contributed by atoms with van der Waals surface area (Å²) in [6.07, 6.45) is 1.08. The highest BCUT2D eigenvalue weighted by molar-refractivity contribution is 7.80. The highest BCUT2D eigenvalue weighted by Crippen LogP contribution is 2.34. The summed E-state index contributed by atoms with van der Waals surface area (Å²) in [6, 6.07) is 15.3. The van der Waals surface area contributed by atoms with Crippen molar-refractivity contribution in [2.45, 2.75) is 25.4 Å². The Bertz CT molecular complexity index is 928. The number of thiocarbonyl (C=S) groups is 1. The van der Waals surface area contributed by atoms with E-state index in [4.69, 9.17) is 12.2 Å². The van der Waals surface area contributed by atoms with Gasteiger partial charge in [0.05, 0.1) is 6.54 Å². The first-order chi connectivity index (χ1) is 13.6. The number of nitrogens with zero attached hydrogens (tertiary/aromatic N) is 2. The van der Waals surface area contributed by atoms with E-state index >= 15 is 0 Å². The Morgan fingerprint density at radius 1 is 1.04 bits per heavy atom. The average molecular weight is 397 g/mol. The summed E-state index contributed by atoms with van der Waals surface area (Å²) in [5.74, 6) is 0.617. The molecule has 1 saturated heterocycles. The van der Waals surface area contributed by atoms with Crippen molar-refractivity contribution in [3.05, 3.63) is 70.1 Å². The Morgan fingerprint density at radius 3 is 2.68 bits per heavy atom. The minimum atomic E-state index is -0.0831.